The second-order valence-corrected chi connectivity index (χ2v) is 9.50. The average Bonchev–Trinajstić information content (AvgIpc) is 2.70. The summed E-state index contributed by atoms with van der Waals surface area (Å²) >= 11 is 7.64. The lowest BCUT2D eigenvalue weighted by atomic mass is 10.1. The van der Waals surface area contributed by atoms with E-state index in [0.717, 1.165) is 28.7 Å². The predicted molar refractivity (Wildman–Crippen MR) is 133 cm³/mol. The fraction of sp³-hybridized carbons (Fsp3) is 0.680. The summed E-state index contributed by atoms with van der Waals surface area (Å²) in [5, 5.41) is 0. The molecular formula is C25H42NS2. The summed E-state index contributed by atoms with van der Waals surface area (Å²) in [7, 11) is 0. The first kappa shape index (κ1) is 25.5. The highest BCUT2D eigenvalue weighted by Crippen LogP contribution is 2.19. The molecule has 28 heavy (non-hydrogen) atoms. The van der Waals surface area contributed by atoms with Crippen molar-refractivity contribution in [2.24, 2.45) is 0 Å². The van der Waals surface area contributed by atoms with Gasteiger partial charge in [0.15, 0.2) is 0 Å². The lowest BCUT2D eigenvalue weighted by molar-refractivity contribution is 0.395. The van der Waals surface area contributed by atoms with E-state index in [2.05, 4.69) is 49.9 Å². The molecule has 0 saturated heterocycles. The second-order valence-electron chi connectivity index (χ2n) is 7.89. The van der Waals surface area contributed by atoms with Crippen molar-refractivity contribution in [2.75, 3.05) is 13.1 Å². The van der Waals surface area contributed by atoms with Crippen LogP contribution in [0.15, 0.2) is 24.3 Å². The van der Waals surface area contributed by atoms with Gasteiger partial charge in [-0.25, -0.2) is 0 Å². The molecule has 0 spiro atoms. The van der Waals surface area contributed by atoms with Crippen LogP contribution in [0.3, 0.4) is 0 Å². The van der Waals surface area contributed by atoms with E-state index < -0.39 is 0 Å². The largest absolute Gasteiger partial charge is 0.358 e. The van der Waals surface area contributed by atoms with Crippen molar-refractivity contribution in [3.63, 3.8) is 0 Å². The van der Waals surface area contributed by atoms with E-state index in [-0.39, 0.29) is 0 Å². The number of thiocarbonyl (C=S) groups is 1. The number of hydrogen-bond acceptors (Lipinski definition) is 2. The molecule has 0 fully saturated rings. The molecule has 0 amide bonds. The molecule has 0 aromatic heterocycles. The standard InChI is InChI=1S/C25H42NS2/c1-4-6-8-10-12-14-20-26(21-15-13-11-9-7-5-2)25(27)28-22-24-18-16-23(3)17-19-24/h16-19H,3-15,20-22H2,1-2H3. The zero-order chi connectivity index (χ0) is 20.5. The molecular weight excluding hydrogens is 378 g/mol. The number of thioether (sulfide) groups is 1. The Labute approximate surface area is 185 Å². The quantitative estimate of drug-likeness (QED) is 0.195. The van der Waals surface area contributed by atoms with Crippen molar-refractivity contribution < 1.29 is 0 Å². The van der Waals surface area contributed by atoms with Crippen LogP contribution in [-0.4, -0.2) is 22.3 Å². The van der Waals surface area contributed by atoms with Gasteiger partial charge in [-0.2, -0.15) is 0 Å². The smallest absolute Gasteiger partial charge is 0.136 e. The molecule has 0 unspecified atom stereocenters. The normalized spacial score (nSPS) is 11.0. The fourth-order valence-electron chi connectivity index (χ4n) is 3.33. The monoisotopic (exact) mass is 420 g/mol. The molecule has 159 valence electrons. The van der Waals surface area contributed by atoms with Crippen LogP contribution in [0.5, 0.6) is 0 Å². The highest BCUT2D eigenvalue weighted by atomic mass is 32.2. The molecule has 0 bridgehead atoms. The number of benzene rings is 1. The first-order valence-corrected chi connectivity index (χ1v) is 12.9. The van der Waals surface area contributed by atoms with Gasteiger partial charge in [-0.15, -0.1) is 0 Å². The van der Waals surface area contributed by atoms with Crippen LogP contribution in [0.25, 0.3) is 0 Å². The molecule has 3 heteroatoms. The minimum absolute atomic E-state index is 0.961. The Morgan fingerprint density at radius 3 is 1.75 bits per heavy atom. The Hall–Kier alpha value is -0.540. The van der Waals surface area contributed by atoms with E-state index in [4.69, 9.17) is 12.2 Å². The first-order valence-electron chi connectivity index (χ1n) is 11.5. The van der Waals surface area contributed by atoms with Gasteiger partial charge >= 0.3 is 0 Å². The summed E-state index contributed by atoms with van der Waals surface area (Å²) in [6.07, 6.45) is 16.1. The second kappa shape index (κ2) is 17.3. The van der Waals surface area contributed by atoms with Crippen LogP contribution in [0.4, 0.5) is 0 Å². The van der Waals surface area contributed by atoms with Gasteiger partial charge < -0.3 is 4.90 Å². The Morgan fingerprint density at radius 2 is 1.25 bits per heavy atom. The lowest BCUT2D eigenvalue weighted by Crippen LogP contribution is -2.29. The zero-order valence-electron chi connectivity index (χ0n) is 18.4. The summed E-state index contributed by atoms with van der Waals surface area (Å²) in [4.78, 5) is 2.48. The lowest BCUT2D eigenvalue weighted by Gasteiger charge is -2.25. The summed E-state index contributed by atoms with van der Waals surface area (Å²) in [6, 6.07) is 8.51. The molecule has 1 nitrogen and oxygen atoms in total. The van der Waals surface area contributed by atoms with Crippen LogP contribution in [0.1, 0.15) is 102 Å². The van der Waals surface area contributed by atoms with Gasteiger partial charge in [-0.1, -0.05) is 126 Å². The van der Waals surface area contributed by atoms with Gasteiger partial charge in [0, 0.05) is 18.8 Å². The van der Waals surface area contributed by atoms with E-state index in [1.165, 1.54) is 82.6 Å². The SMILES string of the molecule is [CH2]c1ccc(CSC(=S)N(CCCCCCCC)CCCCCCCC)cc1. The maximum Gasteiger partial charge on any atom is 0.136 e. The van der Waals surface area contributed by atoms with Gasteiger partial charge in [0.2, 0.25) is 0 Å². The third-order valence-corrected chi connectivity index (χ3v) is 6.80. The molecule has 0 atom stereocenters. The number of unbranched alkanes of at least 4 members (excludes halogenated alkanes) is 10. The molecule has 0 saturated carbocycles. The molecule has 1 radical (unpaired) electrons. The van der Waals surface area contributed by atoms with E-state index in [9.17, 15) is 0 Å². The number of rotatable bonds is 16. The van der Waals surface area contributed by atoms with E-state index in [0.29, 0.717) is 0 Å². The Bertz CT molecular complexity index is 482. The summed E-state index contributed by atoms with van der Waals surface area (Å²) in [5.41, 5.74) is 2.41. The van der Waals surface area contributed by atoms with Gasteiger partial charge in [-0.05, 0) is 30.9 Å². The van der Waals surface area contributed by atoms with Crippen LogP contribution < -0.4 is 0 Å². The van der Waals surface area contributed by atoms with Crippen molar-refractivity contribution in [1.29, 1.82) is 0 Å². The molecule has 0 aliphatic heterocycles. The molecule has 1 aromatic rings. The predicted octanol–water partition coefficient (Wildman–Crippen LogP) is 8.41. The van der Waals surface area contributed by atoms with Crippen molar-refractivity contribution in [1.82, 2.24) is 4.90 Å². The third-order valence-electron chi connectivity index (χ3n) is 5.21. The van der Waals surface area contributed by atoms with Crippen LogP contribution in [0.2, 0.25) is 0 Å². The molecule has 0 aliphatic rings. The van der Waals surface area contributed by atoms with Crippen LogP contribution in [-0.2, 0) is 5.75 Å². The van der Waals surface area contributed by atoms with Crippen LogP contribution >= 0.6 is 24.0 Å². The topological polar surface area (TPSA) is 3.24 Å². The van der Waals surface area contributed by atoms with Crippen molar-refractivity contribution in [3.05, 3.63) is 42.3 Å². The van der Waals surface area contributed by atoms with Gasteiger partial charge in [-0.3, -0.25) is 0 Å². The number of hydrogen-bond donors (Lipinski definition) is 0. The average molecular weight is 421 g/mol. The zero-order valence-corrected chi connectivity index (χ0v) is 20.0. The molecule has 1 rings (SSSR count). The van der Waals surface area contributed by atoms with E-state index in [1.54, 1.807) is 0 Å². The summed E-state index contributed by atoms with van der Waals surface area (Å²) in [6.45, 7) is 10.8. The minimum Gasteiger partial charge on any atom is -0.358 e. The molecule has 1 aromatic carbocycles. The maximum absolute atomic E-state index is 5.82. The Morgan fingerprint density at radius 1 is 0.786 bits per heavy atom. The van der Waals surface area contributed by atoms with Gasteiger partial charge in [0.1, 0.15) is 4.32 Å². The minimum atomic E-state index is 0.961. The molecule has 0 aliphatic carbocycles. The highest BCUT2D eigenvalue weighted by Gasteiger charge is 2.10. The van der Waals surface area contributed by atoms with E-state index >= 15 is 0 Å². The Balaban J connectivity index is 2.37. The molecule has 0 heterocycles. The van der Waals surface area contributed by atoms with Crippen LogP contribution in [0, 0.1) is 6.92 Å². The summed E-state index contributed by atoms with van der Waals surface area (Å²) < 4.78 is 1.08. The van der Waals surface area contributed by atoms with Gasteiger partial charge in [0.05, 0.1) is 0 Å². The van der Waals surface area contributed by atoms with Crippen molar-refractivity contribution in [2.45, 2.75) is 96.7 Å². The fourth-order valence-corrected chi connectivity index (χ4v) is 4.54. The Kier molecular flexibility index (Phi) is 15.8. The van der Waals surface area contributed by atoms with E-state index in [1.807, 2.05) is 11.8 Å². The maximum atomic E-state index is 5.82. The summed E-state index contributed by atoms with van der Waals surface area (Å²) in [5.74, 6) is 0.961. The van der Waals surface area contributed by atoms with Crippen molar-refractivity contribution in [3.8, 4) is 0 Å². The van der Waals surface area contributed by atoms with Crippen molar-refractivity contribution >= 4 is 28.3 Å². The first-order chi connectivity index (χ1) is 13.7. The molecule has 0 N–H and O–H groups in total. The highest BCUT2D eigenvalue weighted by molar-refractivity contribution is 8.22. The third kappa shape index (κ3) is 12.8. The number of nitrogens with zero attached hydrogens (tertiary/aromatic N) is 1. The van der Waals surface area contributed by atoms with Gasteiger partial charge in [0.25, 0.3) is 0 Å².